The Balaban J connectivity index is 1.59. The minimum absolute atomic E-state index is 0.134. The van der Waals surface area contributed by atoms with Gasteiger partial charge in [-0.3, -0.25) is 4.79 Å². The SMILES string of the molecule is COc1cccc(-c2coc3cc(OC)c(/C(C)=C/C(=O)NCCc4ccccc4)cc23)c1. The van der Waals surface area contributed by atoms with E-state index in [-0.39, 0.29) is 5.91 Å². The zero-order valence-electron chi connectivity index (χ0n) is 19.1. The van der Waals surface area contributed by atoms with Crippen molar-refractivity contribution in [2.45, 2.75) is 13.3 Å². The van der Waals surface area contributed by atoms with Gasteiger partial charge >= 0.3 is 0 Å². The zero-order chi connectivity index (χ0) is 23.2. The van der Waals surface area contributed by atoms with E-state index in [9.17, 15) is 4.79 Å². The van der Waals surface area contributed by atoms with E-state index in [2.05, 4.69) is 17.4 Å². The highest BCUT2D eigenvalue weighted by Gasteiger charge is 2.15. The summed E-state index contributed by atoms with van der Waals surface area (Å²) in [6, 6.07) is 21.8. The highest BCUT2D eigenvalue weighted by molar-refractivity contribution is 6.00. The van der Waals surface area contributed by atoms with Crippen molar-refractivity contribution in [3.63, 3.8) is 0 Å². The number of fused-ring (bicyclic) bond motifs is 1. The number of methoxy groups -OCH3 is 2. The van der Waals surface area contributed by atoms with Gasteiger partial charge in [-0.1, -0.05) is 42.5 Å². The fraction of sp³-hybridized carbons (Fsp3) is 0.179. The Hall–Kier alpha value is -3.99. The quantitative estimate of drug-likeness (QED) is 0.347. The number of carbonyl (C=O) groups is 1. The van der Waals surface area contributed by atoms with Gasteiger partial charge in [0, 0.05) is 35.2 Å². The highest BCUT2D eigenvalue weighted by atomic mass is 16.5. The molecule has 3 aromatic carbocycles. The van der Waals surface area contributed by atoms with Crippen molar-refractivity contribution < 1.29 is 18.7 Å². The molecule has 0 radical (unpaired) electrons. The molecule has 5 nitrogen and oxygen atoms in total. The van der Waals surface area contributed by atoms with Crippen molar-refractivity contribution >= 4 is 22.4 Å². The molecule has 0 aliphatic heterocycles. The molecular formula is C28H27NO4. The number of hydrogen-bond donors (Lipinski definition) is 1. The molecule has 1 heterocycles. The Morgan fingerprint density at radius 1 is 1.00 bits per heavy atom. The predicted molar refractivity (Wildman–Crippen MR) is 132 cm³/mol. The Kier molecular flexibility index (Phi) is 6.79. The summed E-state index contributed by atoms with van der Waals surface area (Å²) in [5.74, 6) is 1.30. The van der Waals surface area contributed by atoms with Crippen molar-refractivity contribution in [3.8, 4) is 22.6 Å². The molecule has 0 atom stereocenters. The number of benzene rings is 3. The smallest absolute Gasteiger partial charge is 0.244 e. The van der Waals surface area contributed by atoms with E-state index in [1.165, 1.54) is 5.56 Å². The first-order valence-electron chi connectivity index (χ1n) is 10.8. The van der Waals surface area contributed by atoms with Gasteiger partial charge in [0.1, 0.15) is 17.1 Å². The Morgan fingerprint density at radius 2 is 1.82 bits per heavy atom. The Bertz CT molecular complexity index is 1290. The maximum Gasteiger partial charge on any atom is 0.244 e. The van der Waals surface area contributed by atoms with Crippen LogP contribution in [-0.2, 0) is 11.2 Å². The molecule has 168 valence electrons. The molecule has 1 N–H and O–H groups in total. The maximum absolute atomic E-state index is 12.5. The minimum Gasteiger partial charge on any atom is -0.497 e. The molecule has 0 aliphatic carbocycles. The van der Waals surface area contributed by atoms with E-state index in [1.54, 1.807) is 26.6 Å². The van der Waals surface area contributed by atoms with E-state index in [0.29, 0.717) is 17.9 Å². The molecule has 0 saturated carbocycles. The molecule has 0 aliphatic rings. The van der Waals surface area contributed by atoms with Crippen LogP contribution in [0.4, 0.5) is 0 Å². The average Bonchev–Trinajstić information content (AvgIpc) is 3.26. The number of amides is 1. The molecule has 4 rings (SSSR count). The van der Waals surface area contributed by atoms with Gasteiger partial charge in [0.25, 0.3) is 0 Å². The van der Waals surface area contributed by atoms with Crippen LogP contribution in [0.3, 0.4) is 0 Å². The summed E-state index contributed by atoms with van der Waals surface area (Å²) in [6.07, 6.45) is 4.13. The number of nitrogens with one attached hydrogen (secondary N) is 1. The lowest BCUT2D eigenvalue weighted by molar-refractivity contribution is -0.116. The van der Waals surface area contributed by atoms with Crippen molar-refractivity contribution in [1.29, 1.82) is 0 Å². The number of furan rings is 1. The van der Waals surface area contributed by atoms with Crippen molar-refractivity contribution in [2.24, 2.45) is 0 Å². The van der Waals surface area contributed by atoms with Crippen molar-refractivity contribution in [3.05, 3.63) is 90.2 Å². The van der Waals surface area contributed by atoms with Crippen LogP contribution in [0, 0.1) is 0 Å². The summed E-state index contributed by atoms with van der Waals surface area (Å²) in [5.41, 5.74) is 5.50. The summed E-state index contributed by atoms with van der Waals surface area (Å²) < 4.78 is 16.8. The maximum atomic E-state index is 12.5. The molecule has 0 bridgehead atoms. The molecular weight excluding hydrogens is 414 g/mol. The summed E-state index contributed by atoms with van der Waals surface area (Å²) >= 11 is 0. The van der Waals surface area contributed by atoms with Gasteiger partial charge in [-0.2, -0.15) is 0 Å². The van der Waals surface area contributed by atoms with Crippen LogP contribution in [0.15, 0.2) is 83.5 Å². The van der Waals surface area contributed by atoms with E-state index in [1.807, 2.05) is 61.5 Å². The first-order chi connectivity index (χ1) is 16.1. The third-order valence-electron chi connectivity index (χ3n) is 5.60. The zero-order valence-corrected chi connectivity index (χ0v) is 19.1. The molecule has 0 saturated heterocycles. The first kappa shape index (κ1) is 22.2. The molecule has 1 amide bonds. The van der Waals surface area contributed by atoms with Crippen molar-refractivity contribution in [2.75, 3.05) is 20.8 Å². The lowest BCUT2D eigenvalue weighted by Crippen LogP contribution is -2.23. The largest absolute Gasteiger partial charge is 0.497 e. The predicted octanol–water partition coefficient (Wildman–Crippen LogP) is 5.88. The molecule has 0 spiro atoms. The van der Waals surface area contributed by atoms with Crippen LogP contribution in [0.5, 0.6) is 11.5 Å². The summed E-state index contributed by atoms with van der Waals surface area (Å²) in [5, 5.41) is 3.90. The summed E-state index contributed by atoms with van der Waals surface area (Å²) in [4.78, 5) is 12.5. The van der Waals surface area contributed by atoms with E-state index in [0.717, 1.165) is 39.8 Å². The fourth-order valence-electron chi connectivity index (χ4n) is 3.85. The Morgan fingerprint density at radius 3 is 2.58 bits per heavy atom. The second-order valence-electron chi connectivity index (χ2n) is 7.78. The lowest BCUT2D eigenvalue weighted by Gasteiger charge is -2.10. The topological polar surface area (TPSA) is 60.7 Å². The number of hydrogen-bond acceptors (Lipinski definition) is 4. The molecule has 5 heteroatoms. The standard InChI is InChI=1S/C28H27NO4/c1-19(14-28(30)29-13-12-20-8-5-4-6-9-20)23-16-24-25(18-33-27(24)17-26(23)32-3)21-10-7-11-22(15-21)31-2/h4-11,14-18H,12-13H2,1-3H3,(H,29,30)/b19-14+. The average molecular weight is 442 g/mol. The highest BCUT2D eigenvalue weighted by Crippen LogP contribution is 2.38. The summed E-state index contributed by atoms with van der Waals surface area (Å²) in [7, 11) is 3.26. The Labute approximate surface area is 193 Å². The van der Waals surface area contributed by atoms with Crippen LogP contribution in [0.1, 0.15) is 18.1 Å². The fourth-order valence-corrected chi connectivity index (χ4v) is 3.85. The molecule has 33 heavy (non-hydrogen) atoms. The normalized spacial score (nSPS) is 11.4. The monoisotopic (exact) mass is 441 g/mol. The number of rotatable bonds is 8. The van der Waals surface area contributed by atoms with Crippen LogP contribution < -0.4 is 14.8 Å². The van der Waals surface area contributed by atoms with Gasteiger partial charge in [-0.05, 0) is 48.2 Å². The molecule has 4 aromatic rings. The number of allylic oxidation sites excluding steroid dienone is 1. The van der Waals surface area contributed by atoms with Gasteiger partial charge < -0.3 is 19.2 Å². The molecule has 0 fully saturated rings. The summed E-state index contributed by atoms with van der Waals surface area (Å²) in [6.45, 7) is 2.48. The van der Waals surface area contributed by atoms with Gasteiger partial charge in [-0.15, -0.1) is 0 Å². The third kappa shape index (κ3) is 5.09. The van der Waals surface area contributed by atoms with Crippen LogP contribution in [0.25, 0.3) is 27.7 Å². The van der Waals surface area contributed by atoms with Crippen molar-refractivity contribution in [1.82, 2.24) is 5.32 Å². The van der Waals surface area contributed by atoms with E-state index in [4.69, 9.17) is 13.9 Å². The van der Waals surface area contributed by atoms with E-state index < -0.39 is 0 Å². The second kappa shape index (κ2) is 10.1. The molecule has 1 aromatic heterocycles. The number of ether oxygens (including phenoxy) is 2. The first-order valence-corrected chi connectivity index (χ1v) is 10.8. The van der Waals surface area contributed by atoms with E-state index >= 15 is 0 Å². The van der Waals surface area contributed by atoms with Gasteiger partial charge in [0.05, 0.1) is 20.5 Å². The van der Waals surface area contributed by atoms with Gasteiger partial charge in [-0.25, -0.2) is 0 Å². The lowest BCUT2D eigenvalue weighted by atomic mass is 9.99. The van der Waals surface area contributed by atoms with Gasteiger partial charge in [0.2, 0.25) is 5.91 Å². The minimum atomic E-state index is -0.134. The third-order valence-corrected chi connectivity index (χ3v) is 5.60. The second-order valence-corrected chi connectivity index (χ2v) is 7.78. The van der Waals surface area contributed by atoms with Crippen LogP contribution in [0.2, 0.25) is 0 Å². The van der Waals surface area contributed by atoms with Crippen LogP contribution in [-0.4, -0.2) is 26.7 Å². The van der Waals surface area contributed by atoms with Crippen LogP contribution >= 0.6 is 0 Å². The number of carbonyl (C=O) groups excluding carboxylic acids is 1. The molecule has 0 unspecified atom stereocenters. The van der Waals surface area contributed by atoms with Gasteiger partial charge in [0.15, 0.2) is 0 Å².